The van der Waals surface area contributed by atoms with E-state index in [-0.39, 0.29) is 5.12 Å². The van der Waals surface area contributed by atoms with E-state index < -0.39 is 0 Å². The van der Waals surface area contributed by atoms with Crippen LogP contribution in [0.4, 0.5) is 0 Å². The van der Waals surface area contributed by atoms with Gasteiger partial charge in [0.2, 0.25) is 0 Å². The fourth-order valence-electron chi connectivity index (χ4n) is 0.741. The Morgan fingerprint density at radius 2 is 1.92 bits per heavy atom. The van der Waals surface area contributed by atoms with Crippen LogP contribution in [-0.2, 0) is 14.3 Å². The van der Waals surface area contributed by atoms with Gasteiger partial charge in [0, 0.05) is 25.9 Å². The summed E-state index contributed by atoms with van der Waals surface area (Å²) in [5.74, 6) is 0.851. The van der Waals surface area contributed by atoms with Gasteiger partial charge in [-0.15, -0.1) is 0 Å². The molecule has 3 nitrogen and oxygen atoms in total. The van der Waals surface area contributed by atoms with Crippen LogP contribution in [0.1, 0.15) is 20.3 Å². The molecule has 0 bridgehead atoms. The van der Waals surface area contributed by atoms with Crippen molar-refractivity contribution < 1.29 is 14.3 Å². The number of hydrogen-bond donors (Lipinski definition) is 0. The van der Waals surface area contributed by atoms with E-state index in [4.69, 9.17) is 9.47 Å². The molecule has 0 rings (SSSR count). The molecular formula is C9H18O3S. The average Bonchev–Trinajstić information content (AvgIpc) is 2.09. The van der Waals surface area contributed by atoms with Gasteiger partial charge in [-0.25, -0.2) is 0 Å². The van der Waals surface area contributed by atoms with Crippen LogP contribution in [0.3, 0.4) is 0 Å². The normalized spacial score (nSPS) is 10.3. The lowest BCUT2D eigenvalue weighted by atomic mass is 10.5. The fraction of sp³-hybridized carbons (Fsp3) is 0.889. The van der Waals surface area contributed by atoms with Gasteiger partial charge in [-0.1, -0.05) is 11.8 Å². The zero-order chi connectivity index (χ0) is 9.94. The summed E-state index contributed by atoms with van der Waals surface area (Å²) in [5.41, 5.74) is 0. The Bertz CT molecular complexity index is 128. The molecule has 0 saturated heterocycles. The largest absolute Gasteiger partial charge is 0.379 e. The lowest BCUT2D eigenvalue weighted by molar-refractivity contribution is -0.109. The molecule has 0 amide bonds. The first-order valence-corrected chi connectivity index (χ1v) is 5.54. The second-order valence-electron chi connectivity index (χ2n) is 2.50. The first kappa shape index (κ1) is 12.9. The molecule has 0 spiro atoms. The van der Waals surface area contributed by atoms with Crippen LogP contribution in [0.2, 0.25) is 0 Å². The third-order valence-electron chi connectivity index (χ3n) is 1.31. The molecule has 4 heteroatoms. The van der Waals surface area contributed by atoms with Gasteiger partial charge in [0.25, 0.3) is 0 Å². The third kappa shape index (κ3) is 11.9. The predicted octanol–water partition coefficient (Wildman–Crippen LogP) is 1.71. The van der Waals surface area contributed by atoms with Crippen molar-refractivity contribution in [1.29, 1.82) is 0 Å². The minimum atomic E-state index is 0.175. The number of thioether (sulfide) groups is 1. The summed E-state index contributed by atoms with van der Waals surface area (Å²) in [5, 5.41) is 0.175. The summed E-state index contributed by atoms with van der Waals surface area (Å²) in [6, 6.07) is 0. The number of hydrogen-bond acceptors (Lipinski definition) is 4. The Hall–Kier alpha value is -0.0600. The monoisotopic (exact) mass is 206 g/mol. The molecule has 0 aromatic heterocycles. The topological polar surface area (TPSA) is 35.5 Å². The number of carbonyl (C=O) groups is 1. The Morgan fingerprint density at radius 3 is 2.54 bits per heavy atom. The smallest absolute Gasteiger partial charge is 0.185 e. The molecule has 0 aromatic carbocycles. The van der Waals surface area contributed by atoms with Gasteiger partial charge in [0.1, 0.15) is 0 Å². The summed E-state index contributed by atoms with van der Waals surface area (Å²) in [4.78, 5) is 10.5. The molecule has 0 N–H and O–H groups in total. The van der Waals surface area contributed by atoms with E-state index in [2.05, 4.69) is 0 Å². The Kier molecular flexibility index (Phi) is 9.98. The highest BCUT2D eigenvalue weighted by Gasteiger charge is 1.93. The molecule has 0 aromatic rings. The first-order chi connectivity index (χ1) is 6.27. The molecule has 0 saturated carbocycles. The number of carbonyl (C=O) groups excluding carboxylic acids is 1. The van der Waals surface area contributed by atoms with Crippen LogP contribution >= 0.6 is 11.8 Å². The second-order valence-corrected chi connectivity index (χ2v) is 3.77. The van der Waals surface area contributed by atoms with Crippen molar-refractivity contribution >= 4 is 16.9 Å². The molecule has 0 unspecified atom stereocenters. The Morgan fingerprint density at radius 1 is 1.23 bits per heavy atom. The summed E-state index contributed by atoms with van der Waals surface area (Å²) < 4.78 is 10.4. The molecule has 0 atom stereocenters. The lowest BCUT2D eigenvalue weighted by Crippen LogP contribution is -2.05. The average molecular weight is 206 g/mol. The van der Waals surface area contributed by atoms with Crippen molar-refractivity contribution in [1.82, 2.24) is 0 Å². The summed E-state index contributed by atoms with van der Waals surface area (Å²) >= 11 is 1.35. The van der Waals surface area contributed by atoms with Gasteiger partial charge in [-0.05, 0) is 13.3 Å². The van der Waals surface area contributed by atoms with Crippen molar-refractivity contribution in [2.24, 2.45) is 0 Å². The summed E-state index contributed by atoms with van der Waals surface area (Å²) in [6.07, 6.45) is 0.927. The van der Waals surface area contributed by atoms with E-state index in [1.165, 1.54) is 11.8 Å². The maximum absolute atomic E-state index is 10.5. The zero-order valence-electron chi connectivity index (χ0n) is 8.38. The third-order valence-corrected chi connectivity index (χ3v) is 2.21. The van der Waals surface area contributed by atoms with Crippen molar-refractivity contribution in [2.75, 3.05) is 32.2 Å². The molecule has 0 aliphatic carbocycles. The van der Waals surface area contributed by atoms with Gasteiger partial charge >= 0.3 is 0 Å². The lowest BCUT2D eigenvalue weighted by Gasteiger charge is -2.03. The molecule has 0 heterocycles. The minimum absolute atomic E-state index is 0.175. The predicted molar refractivity (Wildman–Crippen MR) is 55.1 cm³/mol. The Balaban J connectivity index is 2.87. The number of ether oxygens (including phenoxy) is 2. The van der Waals surface area contributed by atoms with Crippen LogP contribution < -0.4 is 0 Å². The van der Waals surface area contributed by atoms with Crippen LogP contribution in [0.15, 0.2) is 0 Å². The van der Waals surface area contributed by atoms with Crippen LogP contribution in [0.5, 0.6) is 0 Å². The second kappa shape index (κ2) is 10.0. The van der Waals surface area contributed by atoms with Gasteiger partial charge in [0.05, 0.1) is 13.2 Å². The van der Waals surface area contributed by atoms with E-state index in [9.17, 15) is 4.79 Å². The molecule has 0 aliphatic rings. The highest BCUT2D eigenvalue weighted by Crippen LogP contribution is 2.02. The quantitative estimate of drug-likeness (QED) is 0.566. The maximum Gasteiger partial charge on any atom is 0.185 e. The SMILES string of the molecule is CCOCCOCCCSC(C)=O. The van der Waals surface area contributed by atoms with Crippen LogP contribution in [-0.4, -0.2) is 37.3 Å². The van der Waals surface area contributed by atoms with Crippen molar-refractivity contribution in [3.8, 4) is 0 Å². The van der Waals surface area contributed by atoms with E-state index in [1.807, 2.05) is 6.92 Å². The van der Waals surface area contributed by atoms with Crippen molar-refractivity contribution in [2.45, 2.75) is 20.3 Å². The highest BCUT2D eigenvalue weighted by molar-refractivity contribution is 8.13. The van der Waals surface area contributed by atoms with Gasteiger partial charge < -0.3 is 9.47 Å². The van der Waals surface area contributed by atoms with E-state index >= 15 is 0 Å². The van der Waals surface area contributed by atoms with Crippen molar-refractivity contribution in [3.63, 3.8) is 0 Å². The maximum atomic E-state index is 10.5. The van der Waals surface area contributed by atoms with E-state index in [0.717, 1.165) is 18.8 Å². The number of rotatable bonds is 8. The molecule has 0 radical (unpaired) electrons. The van der Waals surface area contributed by atoms with Crippen LogP contribution in [0, 0.1) is 0 Å². The minimum Gasteiger partial charge on any atom is -0.379 e. The van der Waals surface area contributed by atoms with E-state index in [1.54, 1.807) is 6.92 Å². The molecular weight excluding hydrogens is 188 g/mol. The first-order valence-electron chi connectivity index (χ1n) is 4.56. The Labute approximate surface area is 84.2 Å². The summed E-state index contributed by atoms with van der Waals surface area (Å²) in [6.45, 7) is 6.32. The standard InChI is InChI=1S/C9H18O3S/c1-3-11-6-7-12-5-4-8-13-9(2)10/h3-8H2,1-2H3. The van der Waals surface area contributed by atoms with E-state index in [0.29, 0.717) is 19.8 Å². The zero-order valence-corrected chi connectivity index (χ0v) is 9.19. The molecule has 78 valence electrons. The molecule has 0 aliphatic heterocycles. The molecule has 0 fully saturated rings. The van der Waals surface area contributed by atoms with Crippen molar-refractivity contribution in [3.05, 3.63) is 0 Å². The van der Waals surface area contributed by atoms with Gasteiger partial charge in [0.15, 0.2) is 5.12 Å². The summed E-state index contributed by atoms with van der Waals surface area (Å²) in [7, 11) is 0. The fourth-order valence-corrected chi connectivity index (χ4v) is 1.29. The van der Waals surface area contributed by atoms with Gasteiger partial charge in [-0.2, -0.15) is 0 Å². The highest BCUT2D eigenvalue weighted by atomic mass is 32.2. The van der Waals surface area contributed by atoms with Gasteiger partial charge in [-0.3, -0.25) is 4.79 Å². The van der Waals surface area contributed by atoms with Crippen LogP contribution in [0.25, 0.3) is 0 Å². The molecule has 13 heavy (non-hydrogen) atoms.